The standard InChI is InChI=1S/C18H17N3O/c22-18(13-6-2-1-3-7-13)19-12-17-20-15-8-4-5-9-16(15)21(17)14-10-11-14/h1-9,14H,10-12H2,(H,19,22). The summed E-state index contributed by atoms with van der Waals surface area (Å²) in [4.78, 5) is 16.9. The molecule has 4 nitrogen and oxygen atoms in total. The van der Waals surface area contributed by atoms with E-state index in [1.807, 2.05) is 48.5 Å². The highest BCUT2D eigenvalue weighted by atomic mass is 16.1. The SMILES string of the molecule is O=C(NCc1nc2ccccc2n1C1CC1)c1ccccc1. The van der Waals surface area contributed by atoms with Gasteiger partial charge in [0.25, 0.3) is 5.91 Å². The number of hydrogen-bond donors (Lipinski definition) is 1. The van der Waals surface area contributed by atoms with Crippen molar-refractivity contribution in [2.24, 2.45) is 0 Å². The van der Waals surface area contributed by atoms with Crippen molar-refractivity contribution in [2.75, 3.05) is 0 Å². The quantitative estimate of drug-likeness (QED) is 0.801. The first-order valence-corrected chi connectivity index (χ1v) is 7.62. The number of hydrogen-bond acceptors (Lipinski definition) is 2. The molecule has 0 spiro atoms. The number of imidazole rings is 1. The topological polar surface area (TPSA) is 46.9 Å². The summed E-state index contributed by atoms with van der Waals surface area (Å²) in [5, 5.41) is 2.98. The van der Waals surface area contributed by atoms with Gasteiger partial charge in [-0.05, 0) is 37.1 Å². The number of carbonyl (C=O) groups is 1. The smallest absolute Gasteiger partial charge is 0.251 e. The van der Waals surface area contributed by atoms with Gasteiger partial charge in [-0.3, -0.25) is 4.79 Å². The number of nitrogens with one attached hydrogen (secondary N) is 1. The third-order valence-corrected chi connectivity index (χ3v) is 4.02. The number of aromatic nitrogens is 2. The first-order valence-electron chi connectivity index (χ1n) is 7.62. The minimum atomic E-state index is -0.0602. The van der Waals surface area contributed by atoms with Crippen molar-refractivity contribution in [3.8, 4) is 0 Å². The number of amides is 1. The molecule has 1 aromatic heterocycles. The van der Waals surface area contributed by atoms with Crippen molar-refractivity contribution in [3.63, 3.8) is 0 Å². The van der Waals surface area contributed by atoms with Crippen molar-refractivity contribution in [2.45, 2.75) is 25.4 Å². The van der Waals surface area contributed by atoms with E-state index in [0.717, 1.165) is 16.9 Å². The van der Waals surface area contributed by atoms with Crippen LogP contribution >= 0.6 is 0 Å². The average molecular weight is 291 g/mol. The van der Waals surface area contributed by atoms with E-state index in [4.69, 9.17) is 0 Å². The zero-order valence-corrected chi connectivity index (χ0v) is 12.2. The summed E-state index contributed by atoms with van der Waals surface area (Å²) in [5.74, 6) is 0.878. The van der Waals surface area contributed by atoms with Gasteiger partial charge in [0.05, 0.1) is 17.6 Å². The van der Waals surface area contributed by atoms with Gasteiger partial charge in [-0.2, -0.15) is 0 Å². The Balaban J connectivity index is 1.59. The van der Waals surface area contributed by atoms with Crippen LogP contribution in [0.1, 0.15) is 35.1 Å². The molecule has 0 aliphatic heterocycles. The van der Waals surface area contributed by atoms with E-state index >= 15 is 0 Å². The molecule has 2 aromatic carbocycles. The van der Waals surface area contributed by atoms with Crippen LogP contribution in [0.4, 0.5) is 0 Å². The van der Waals surface area contributed by atoms with E-state index in [-0.39, 0.29) is 5.91 Å². The van der Waals surface area contributed by atoms with Crippen LogP contribution in [-0.4, -0.2) is 15.5 Å². The van der Waals surface area contributed by atoms with E-state index in [1.165, 1.54) is 12.8 Å². The van der Waals surface area contributed by atoms with E-state index in [1.54, 1.807) is 0 Å². The number of nitrogens with zero attached hydrogens (tertiary/aromatic N) is 2. The third-order valence-electron chi connectivity index (χ3n) is 4.02. The molecule has 1 saturated carbocycles. The summed E-state index contributed by atoms with van der Waals surface area (Å²) < 4.78 is 2.28. The zero-order valence-electron chi connectivity index (χ0n) is 12.2. The van der Waals surface area contributed by atoms with Gasteiger partial charge in [0.15, 0.2) is 0 Å². The zero-order chi connectivity index (χ0) is 14.9. The lowest BCUT2D eigenvalue weighted by molar-refractivity contribution is 0.0949. The Labute approximate surface area is 128 Å². The Hall–Kier alpha value is -2.62. The molecule has 1 aliphatic carbocycles. The molecule has 0 radical (unpaired) electrons. The molecular weight excluding hydrogens is 274 g/mol. The summed E-state index contributed by atoms with van der Waals surface area (Å²) >= 11 is 0. The van der Waals surface area contributed by atoms with Crippen molar-refractivity contribution in [1.82, 2.24) is 14.9 Å². The lowest BCUT2D eigenvalue weighted by Crippen LogP contribution is -2.24. The van der Waals surface area contributed by atoms with Crippen molar-refractivity contribution >= 4 is 16.9 Å². The second-order valence-corrected chi connectivity index (χ2v) is 5.67. The van der Waals surface area contributed by atoms with Crippen LogP contribution in [0.3, 0.4) is 0 Å². The molecule has 4 heteroatoms. The van der Waals surface area contributed by atoms with Crippen molar-refractivity contribution in [3.05, 3.63) is 66.0 Å². The summed E-state index contributed by atoms with van der Waals surface area (Å²) in [7, 11) is 0. The van der Waals surface area contributed by atoms with Crippen LogP contribution in [0.25, 0.3) is 11.0 Å². The van der Waals surface area contributed by atoms with E-state index in [2.05, 4.69) is 20.9 Å². The lowest BCUT2D eigenvalue weighted by atomic mass is 10.2. The van der Waals surface area contributed by atoms with Crippen LogP contribution in [-0.2, 0) is 6.54 Å². The molecule has 1 amide bonds. The minimum Gasteiger partial charge on any atom is -0.345 e. The Morgan fingerprint density at radius 3 is 2.59 bits per heavy atom. The molecule has 3 aromatic rings. The monoisotopic (exact) mass is 291 g/mol. The van der Waals surface area contributed by atoms with Crippen LogP contribution < -0.4 is 5.32 Å². The fourth-order valence-corrected chi connectivity index (χ4v) is 2.81. The van der Waals surface area contributed by atoms with Crippen LogP contribution in [0.5, 0.6) is 0 Å². The van der Waals surface area contributed by atoms with Crippen molar-refractivity contribution in [1.29, 1.82) is 0 Å². The van der Waals surface area contributed by atoms with Crippen LogP contribution in [0.2, 0.25) is 0 Å². The molecule has 110 valence electrons. The predicted octanol–water partition coefficient (Wildman–Crippen LogP) is 3.30. The molecule has 4 rings (SSSR count). The molecule has 0 bridgehead atoms. The maximum Gasteiger partial charge on any atom is 0.251 e. The Morgan fingerprint density at radius 1 is 1.09 bits per heavy atom. The number of benzene rings is 2. The average Bonchev–Trinajstić information content (AvgIpc) is 3.33. The second kappa shape index (κ2) is 5.30. The molecule has 1 N–H and O–H groups in total. The second-order valence-electron chi connectivity index (χ2n) is 5.67. The van der Waals surface area contributed by atoms with Crippen molar-refractivity contribution < 1.29 is 4.79 Å². The summed E-state index contributed by atoms with van der Waals surface area (Å²) in [5.41, 5.74) is 2.84. The summed E-state index contributed by atoms with van der Waals surface area (Å²) in [6.07, 6.45) is 2.39. The summed E-state index contributed by atoms with van der Waals surface area (Å²) in [6.45, 7) is 0.457. The highest BCUT2D eigenvalue weighted by Gasteiger charge is 2.28. The first-order chi connectivity index (χ1) is 10.8. The Bertz CT molecular complexity index is 819. The van der Waals surface area contributed by atoms with E-state index < -0.39 is 0 Å². The highest BCUT2D eigenvalue weighted by molar-refractivity contribution is 5.94. The molecule has 1 fully saturated rings. The third kappa shape index (κ3) is 2.37. The van der Waals surface area contributed by atoms with Gasteiger partial charge in [-0.1, -0.05) is 30.3 Å². The first kappa shape index (κ1) is 13.1. The molecule has 0 saturated heterocycles. The van der Waals surface area contributed by atoms with Gasteiger partial charge >= 0.3 is 0 Å². The van der Waals surface area contributed by atoms with Gasteiger partial charge in [0.2, 0.25) is 0 Å². The lowest BCUT2D eigenvalue weighted by Gasteiger charge is -2.09. The molecule has 0 atom stereocenters. The maximum atomic E-state index is 12.2. The van der Waals surface area contributed by atoms with E-state index in [0.29, 0.717) is 18.2 Å². The Morgan fingerprint density at radius 2 is 1.82 bits per heavy atom. The number of fused-ring (bicyclic) bond motifs is 1. The highest BCUT2D eigenvalue weighted by Crippen LogP contribution is 2.38. The largest absolute Gasteiger partial charge is 0.345 e. The minimum absolute atomic E-state index is 0.0602. The van der Waals surface area contributed by atoms with E-state index in [9.17, 15) is 4.79 Å². The number of rotatable bonds is 4. The molecular formula is C18H17N3O. The van der Waals surface area contributed by atoms with Crippen LogP contribution in [0, 0.1) is 0 Å². The molecule has 22 heavy (non-hydrogen) atoms. The van der Waals surface area contributed by atoms with Gasteiger partial charge in [0, 0.05) is 11.6 Å². The fourth-order valence-electron chi connectivity index (χ4n) is 2.81. The molecule has 1 aliphatic rings. The fraction of sp³-hybridized carbons (Fsp3) is 0.222. The van der Waals surface area contributed by atoms with Gasteiger partial charge < -0.3 is 9.88 Å². The number of carbonyl (C=O) groups excluding carboxylic acids is 1. The Kier molecular flexibility index (Phi) is 3.15. The van der Waals surface area contributed by atoms with Gasteiger partial charge in [-0.25, -0.2) is 4.98 Å². The van der Waals surface area contributed by atoms with Gasteiger partial charge in [0.1, 0.15) is 5.82 Å². The van der Waals surface area contributed by atoms with Crippen LogP contribution in [0.15, 0.2) is 54.6 Å². The molecule has 1 heterocycles. The maximum absolute atomic E-state index is 12.2. The molecule has 0 unspecified atom stereocenters. The van der Waals surface area contributed by atoms with Gasteiger partial charge in [-0.15, -0.1) is 0 Å². The number of para-hydroxylation sites is 2. The summed E-state index contributed by atoms with van der Waals surface area (Å²) in [6, 6.07) is 18.0. The normalized spacial score (nSPS) is 14.2. The predicted molar refractivity (Wildman–Crippen MR) is 85.6 cm³/mol.